The van der Waals surface area contributed by atoms with Crippen molar-refractivity contribution in [3.8, 4) is 0 Å². The molecule has 1 aliphatic rings. The van der Waals surface area contributed by atoms with Crippen molar-refractivity contribution in [1.29, 1.82) is 0 Å². The van der Waals surface area contributed by atoms with Crippen LogP contribution in [0.4, 0.5) is 0 Å². The number of benzene rings is 1. The molecule has 1 saturated heterocycles. The first kappa shape index (κ1) is 13.1. The Morgan fingerprint density at radius 3 is 3.12 bits per heavy atom. The number of nitrogens with one attached hydrogen (secondary N) is 1. The maximum Gasteiger partial charge on any atom is 0.0588 e. The second-order valence-electron chi connectivity index (χ2n) is 4.65. The zero-order valence-electron chi connectivity index (χ0n) is 10.3. The molecule has 0 saturated carbocycles. The molecule has 0 spiro atoms. The lowest BCUT2D eigenvalue weighted by Gasteiger charge is -2.16. The predicted octanol–water partition coefficient (Wildman–Crippen LogP) is 3.67. The summed E-state index contributed by atoms with van der Waals surface area (Å²) in [6.45, 7) is 4.18. The van der Waals surface area contributed by atoms with Crippen molar-refractivity contribution in [3.63, 3.8) is 0 Å². The lowest BCUT2D eigenvalue weighted by molar-refractivity contribution is 0.103. The second kappa shape index (κ2) is 6.53. The van der Waals surface area contributed by atoms with Gasteiger partial charge in [0.1, 0.15) is 0 Å². The fourth-order valence-electron chi connectivity index (χ4n) is 2.23. The molecule has 3 heteroatoms. The van der Waals surface area contributed by atoms with Crippen LogP contribution in [0.25, 0.3) is 0 Å². The van der Waals surface area contributed by atoms with Gasteiger partial charge >= 0.3 is 0 Å². The van der Waals surface area contributed by atoms with Crippen molar-refractivity contribution in [2.24, 2.45) is 0 Å². The minimum Gasteiger partial charge on any atom is -0.378 e. The van der Waals surface area contributed by atoms with Crippen LogP contribution in [0, 0.1) is 0 Å². The summed E-state index contributed by atoms with van der Waals surface area (Å²) in [7, 11) is 0. The Morgan fingerprint density at radius 2 is 2.41 bits per heavy atom. The SMILES string of the molecule is C[C@H](NCCC1CCCO1)c1cccc(Br)c1. The monoisotopic (exact) mass is 297 g/mol. The third-order valence-corrected chi connectivity index (χ3v) is 3.78. The summed E-state index contributed by atoms with van der Waals surface area (Å²) in [5.74, 6) is 0. The fourth-order valence-corrected chi connectivity index (χ4v) is 2.64. The number of halogens is 1. The topological polar surface area (TPSA) is 21.3 Å². The number of hydrogen-bond acceptors (Lipinski definition) is 2. The van der Waals surface area contributed by atoms with Crippen LogP contribution in [-0.2, 0) is 4.74 Å². The van der Waals surface area contributed by atoms with E-state index in [1.54, 1.807) is 0 Å². The van der Waals surface area contributed by atoms with Gasteiger partial charge in [0.05, 0.1) is 6.10 Å². The van der Waals surface area contributed by atoms with Crippen LogP contribution >= 0.6 is 15.9 Å². The molecule has 0 amide bonds. The maximum atomic E-state index is 5.61. The first-order valence-electron chi connectivity index (χ1n) is 6.36. The number of hydrogen-bond donors (Lipinski definition) is 1. The van der Waals surface area contributed by atoms with E-state index in [-0.39, 0.29) is 0 Å². The zero-order valence-corrected chi connectivity index (χ0v) is 11.9. The molecular weight excluding hydrogens is 278 g/mol. The molecule has 0 aliphatic carbocycles. The Hall–Kier alpha value is -0.380. The van der Waals surface area contributed by atoms with Gasteiger partial charge in [-0.1, -0.05) is 28.1 Å². The summed E-state index contributed by atoms with van der Waals surface area (Å²) >= 11 is 3.50. The van der Waals surface area contributed by atoms with Crippen LogP contribution in [0.15, 0.2) is 28.7 Å². The lowest BCUT2D eigenvalue weighted by Crippen LogP contribution is -2.23. The van der Waals surface area contributed by atoms with E-state index < -0.39 is 0 Å². The molecule has 17 heavy (non-hydrogen) atoms. The fraction of sp³-hybridized carbons (Fsp3) is 0.571. The van der Waals surface area contributed by atoms with Gasteiger partial charge in [0.25, 0.3) is 0 Å². The van der Waals surface area contributed by atoms with E-state index in [2.05, 4.69) is 52.4 Å². The van der Waals surface area contributed by atoms with Gasteiger partial charge in [-0.2, -0.15) is 0 Å². The van der Waals surface area contributed by atoms with Crippen LogP contribution in [0.1, 0.15) is 37.8 Å². The molecule has 2 rings (SSSR count). The van der Waals surface area contributed by atoms with E-state index in [4.69, 9.17) is 4.74 Å². The van der Waals surface area contributed by atoms with Crippen molar-refractivity contribution in [2.45, 2.75) is 38.3 Å². The van der Waals surface area contributed by atoms with Gasteiger partial charge < -0.3 is 10.1 Å². The van der Waals surface area contributed by atoms with Crippen molar-refractivity contribution in [2.75, 3.05) is 13.2 Å². The summed E-state index contributed by atoms with van der Waals surface area (Å²) in [5.41, 5.74) is 1.33. The average molecular weight is 298 g/mol. The van der Waals surface area contributed by atoms with Gasteiger partial charge in [-0.25, -0.2) is 0 Å². The molecule has 1 heterocycles. The largest absolute Gasteiger partial charge is 0.378 e. The van der Waals surface area contributed by atoms with Gasteiger partial charge in [0.15, 0.2) is 0 Å². The quantitative estimate of drug-likeness (QED) is 0.895. The summed E-state index contributed by atoms with van der Waals surface area (Å²) in [5, 5.41) is 3.55. The second-order valence-corrected chi connectivity index (χ2v) is 5.57. The Kier molecular flexibility index (Phi) is 5.01. The highest BCUT2D eigenvalue weighted by molar-refractivity contribution is 9.10. The molecule has 0 aromatic heterocycles. The average Bonchev–Trinajstić information content (AvgIpc) is 2.82. The molecule has 2 nitrogen and oxygen atoms in total. The van der Waals surface area contributed by atoms with E-state index in [1.807, 2.05) is 0 Å². The molecule has 1 N–H and O–H groups in total. The Balaban J connectivity index is 1.74. The van der Waals surface area contributed by atoms with Crippen LogP contribution < -0.4 is 5.32 Å². The molecule has 0 radical (unpaired) electrons. The first-order chi connectivity index (χ1) is 8.25. The van der Waals surface area contributed by atoms with Crippen LogP contribution in [0.3, 0.4) is 0 Å². The molecular formula is C14H20BrNO. The van der Waals surface area contributed by atoms with Crippen LogP contribution in [-0.4, -0.2) is 19.3 Å². The highest BCUT2D eigenvalue weighted by Gasteiger charge is 2.15. The summed E-state index contributed by atoms with van der Waals surface area (Å²) in [6.07, 6.45) is 4.06. The normalized spacial score (nSPS) is 21.6. The molecule has 1 unspecified atom stereocenters. The summed E-state index contributed by atoms with van der Waals surface area (Å²) in [6, 6.07) is 8.87. The highest BCUT2D eigenvalue weighted by atomic mass is 79.9. The summed E-state index contributed by atoms with van der Waals surface area (Å²) < 4.78 is 6.75. The van der Waals surface area contributed by atoms with Gasteiger partial charge in [0, 0.05) is 17.1 Å². The first-order valence-corrected chi connectivity index (χ1v) is 7.15. The van der Waals surface area contributed by atoms with E-state index in [0.29, 0.717) is 12.1 Å². The zero-order chi connectivity index (χ0) is 12.1. The van der Waals surface area contributed by atoms with E-state index in [1.165, 1.54) is 18.4 Å². The van der Waals surface area contributed by atoms with Crippen molar-refractivity contribution < 1.29 is 4.74 Å². The molecule has 2 atom stereocenters. The highest BCUT2D eigenvalue weighted by Crippen LogP contribution is 2.19. The minimum absolute atomic E-state index is 0.397. The van der Waals surface area contributed by atoms with Crippen molar-refractivity contribution >= 4 is 15.9 Å². The molecule has 94 valence electrons. The summed E-state index contributed by atoms with van der Waals surface area (Å²) in [4.78, 5) is 0. The Morgan fingerprint density at radius 1 is 1.53 bits per heavy atom. The molecule has 1 aliphatic heterocycles. The van der Waals surface area contributed by atoms with Gasteiger partial charge in [-0.15, -0.1) is 0 Å². The van der Waals surface area contributed by atoms with Gasteiger partial charge in [0.2, 0.25) is 0 Å². The van der Waals surface area contributed by atoms with E-state index in [9.17, 15) is 0 Å². The Labute approximate surface area is 112 Å². The molecule has 0 bridgehead atoms. The Bertz CT molecular complexity index is 350. The predicted molar refractivity (Wildman–Crippen MR) is 74.2 cm³/mol. The number of rotatable bonds is 5. The standard InChI is InChI=1S/C14H20BrNO/c1-11(12-4-2-5-13(15)10-12)16-8-7-14-6-3-9-17-14/h2,4-5,10-11,14,16H,3,6-9H2,1H3/t11-,14?/m0/s1. The maximum absolute atomic E-state index is 5.61. The van der Waals surface area contributed by atoms with Gasteiger partial charge in [-0.05, 0) is 50.4 Å². The third kappa shape index (κ3) is 4.09. The lowest BCUT2D eigenvalue weighted by atomic mass is 10.1. The van der Waals surface area contributed by atoms with Gasteiger partial charge in [-0.3, -0.25) is 0 Å². The van der Waals surface area contributed by atoms with E-state index in [0.717, 1.165) is 24.0 Å². The molecule has 1 fully saturated rings. The molecule has 1 aromatic carbocycles. The smallest absolute Gasteiger partial charge is 0.0588 e. The third-order valence-electron chi connectivity index (χ3n) is 3.29. The van der Waals surface area contributed by atoms with Crippen molar-refractivity contribution in [3.05, 3.63) is 34.3 Å². The number of ether oxygens (including phenoxy) is 1. The van der Waals surface area contributed by atoms with Crippen molar-refractivity contribution in [1.82, 2.24) is 5.32 Å². The molecule has 1 aromatic rings. The van der Waals surface area contributed by atoms with E-state index >= 15 is 0 Å². The van der Waals surface area contributed by atoms with Crippen LogP contribution in [0.2, 0.25) is 0 Å². The minimum atomic E-state index is 0.397. The van der Waals surface area contributed by atoms with Crippen LogP contribution in [0.5, 0.6) is 0 Å².